The van der Waals surface area contributed by atoms with Gasteiger partial charge in [-0.25, -0.2) is 4.98 Å². The lowest BCUT2D eigenvalue weighted by Crippen LogP contribution is -2.41. The first-order valence-corrected chi connectivity index (χ1v) is 14.9. The van der Waals surface area contributed by atoms with E-state index in [9.17, 15) is 4.79 Å². The van der Waals surface area contributed by atoms with Crippen LogP contribution in [0.2, 0.25) is 15.1 Å². The third-order valence-corrected chi connectivity index (χ3v) is 8.04. The van der Waals surface area contributed by atoms with Crippen LogP contribution in [0.4, 0.5) is 11.8 Å². The second-order valence-corrected chi connectivity index (χ2v) is 11.6. The van der Waals surface area contributed by atoms with Crippen molar-refractivity contribution in [3.05, 3.63) is 93.4 Å². The number of anilines is 2. The summed E-state index contributed by atoms with van der Waals surface area (Å²) in [6.45, 7) is 0.787. The Hall–Kier alpha value is -3.33. The molecular weight excluding hydrogens is 581 g/mol. The van der Waals surface area contributed by atoms with Gasteiger partial charge in [0, 0.05) is 46.6 Å². The SMILES string of the molecule is O=C(NCc1ccc(Cl)cc1Cl)[C@@H](CC1CCCCC1)Nc1cc(-n2ccnc2)nc(NCc2cccc(Cl)c2)n1. The average molecular weight is 613 g/mol. The van der Waals surface area contributed by atoms with Crippen LogP contribution in [0.5, 0.6) is 0 Å². The molecule has 41 heavy (non-hydrogen) atoms. The van der Waals surface area contributed by atoms with Crippen molar-refractivity contribution in [1.29, 1.82) is 0 Å². The maximum absolute atomic E-state index is 13.6. The summed E-state index contributed by atoms with van der Waals surface area (Å²) in [6.07, 6.45) is 11.7. The van der Waals surface area contributed by atoms with E-state index in [1.165, 1.54) is 19.3 Å². The summed E-state index contributed by atoms with van der Waals surface area (Å²) >= 11 is 18.6. The molecule has 1 aliphatic carbocycles. The number of carbonyl (C=O) groups is 1. The third kappa shape index (κ3) is 8.35. The average Bonchev–Trinajstić information content (AvgIpc) is 3.51. The molecule has 8 nitrogen and oxygen atoms in total. The molecule has 1 fully saturated rings. The van der Waals surface area contributed by atoms with Crippen LogP contribution in [-0.2, 0) is 17.9 Å². The fourth-order valence-electron chi connectivity index (χ4n) is 5.08. The number of rotatable bonds is 11. The summed E-state index contributed by atoms with van der Waals surface area (Å²) in [6, 6.07) is 14.2. The molecule has 2 aromatic carbocycles. The van der Waals surface area contributed by atoms with Crippen molar-refractivity contribution in [2.75, 3.05) is 10.6 Å². The molecule has 0 bridgehead atoms. The van der Waals surface area contributed by atoms with Crippen LogP contribution < -0.4 is 16.0 Å². The number of carbonyl (C=O) groups excluding carboxylic acids is 1. The zero-order valence-corrected chi connectivity index (χ0v) is 24.8. The molecule has 5 rings (SSSR count). The molecule has 1 aliphatic rings. The Morgan fingerprint density at radius 1 is 0.976 bits per heavy atom. The molecule has 0 radical (unpaired) electrons. The minimum Gasteiger partial charge on any atom is -0.358 e. The molecule has 0 unspecified atom stereocenters. The zero-order valence-electron chi connectivity index (χ0n) is 22.5. The first-order chi connectivity index (χ1) is 19.9. The van der Waals surface area contributed by atoms with E-state index in [1.807, 2.05) is 42.6 Å². The molecular formula is C30H32Cl3N7O. The maximum Gasteiger partial charge on any atom is 0.242 e. The highest BCUT2D eigenvalue weighted by Gasteiger charge is 2.25. The van der Waals surface area contributed by atoms with Gasteiger partial charge in [-0.3, -0.25) is 9.36 Å². The van der Waals surface area contributed by atoms with E-state index in [-0.39, 0.29) is 5.91 Å². The molecule has 4 aromatic rings. The van der Waals surface area contributed by atoms with Crippen LogP contribution >= 0.6 is 34.8 Å². The minimum absolute atomic E-state index is 0.113. The lowest BCUT2D eigenvalue weighted by Gasteiger charge is -2.27. The van der Waals surface area contributed by atoms with Gasteiger partial charge in [0.25, 0.3) is 0 Å². The van der Waals surface area contributed by atoms with Gasteiger partial charge in [-0.05, 0) is 47.7 Å². The van der Waals surface area contributed by atoms with Crippen LogP contribution in [0, 0.1) is 5.92 Å². The maximum atomic E-state index is 13.6. The van der Waals surface area contributed by atoms with E-state index in [1.54, 1.807) is 29.2 Å². The van der Waals surface area contributed by atoms with Gasteiger partial charge in [-0.15, -0.1) is 0 Å². The predicted octanol–water partition coefficient (Wildman–Crippen LogP) is 7.30. The molecule has 2 heterocycles. The summed E-state index contributed by atoms with van der Waals surface area (Å²) in [5.41, 5.74) is 1.80. The Morgan fingerprint density at radius 2 is 1.80 bits per heavy atom. The van der Waals surface area contributed by atoms with Gasteiger partial charge in [0.2, 0.25) is 11.9 Å². The number of hydrogen-bond acceptors (Lipinski definition) is 6. The number of amides is 1. The summed E-state index contributed by atoms with van der Waals surface area (Å²) in [4.78, 5) is 27.1. The van der Waals surface area contributed by atoms with Crippen molar-refractivity contribution in [3.63, 3.8) is 0 Å². The van der Waals surface area contributed by atoms with Crippen molar-refractivity contribution < 1.29 is 4.79 Å². The number of benzene rings is 2. The van der Waals surface area contributed by atoms with Gasteiger partial charge in [0.05, 0.1) is 0 Å². The van der Waals surface area contributed by atoms with E-state index >= 15 is 0 Å². The lowest BCUT2D eigenvalue weighted by atomic mass is 9.84. The molecule has 11 heteroatoms. The predicted molar refractivity (Wildman–Crippen MR) is 165 cm³/mol. The third-order valence-electron chi connectivity index (χ3n) is 7.22. The fraction of sp³-hybridized carbons (Fsp3) is 0.333. The second-order valence-electron chi connectivity index (χ2n) is 10.3. The molecule has 214 valence electrons. The number of hydrogen-bond donors (Lipinski definition) is 3. The molecule has 0 spiro atoms. The van der Waals surface area contributed by atoms with E-state index < -0.39 is 6.04 Å². The highest BCUT2D eigenvalue weighted by molar-refractivity contribution is 6.35. The summed E-state index contributed by atoms with van der Waals surface area (Å²) < 4.78 is 1.80. The molecule has 1 amide bonds. The summed E-state index contributed by atoms with van der Waals surface area (Å²) in [7, 11) is 0. The smallest absolute Gasteiger partial charge is 0.242 e. The van der Waals surface area contributed by atoms with E-state index in [2.05, 4.69) is 25.9 Å². The number of nitrogens with zero attached hydrogens (tertiary/aromatic N) is 4. The van der Waals surface area contributed by atoms with E-state index in [0.717, 1.165) is 24.0 Å². The first-order valence-electron chi connectivity index (χ1n) is 13.8. The molecule has 0 saturated heterocycles. The highest BCUT2D eigenvalue weighted by atomic mass is 35.5. The molecule has 3 N–H and O–H groups in total. The Balaban J connectivity index is 1.37. The highest BCUT2D eigenvalue weighted by Crippen LogP contribution is 2.29. The van der Waals surface area contributed by atoms with Gasteiger partial charge < -0.3 is 16.0 Å². The van der Waals surface area contributed by atoms with Crippen molar-refractivity contribution in [1.82, 2.24) is 24.8 Å². The number of nitrogens with one attached hydrogen (secondary N) is 3. The quantitative estimate of drug-likeness (QED) is 0.164. The van der Waals surface area contributed by atoms with Crippen LogP contribution in [0.25, 0.3) is 5.82 Å². The molecule has 2 aromatic heterocycles. The molecule has 0 aliphatic heterocycles. The zero-order chi connectivity index (χ0) is 28.6. The van der Waals surface area contributed by atoms with Gasteiger partial charge in [0.15, 0.2) is 0 Å². The van der Waals surface area contributed by atoms with Gasteiger partial charge in [-0.1, -0.05) is 85.1 Å². The van der Waals surface area contributed by atoms with E-state index in [0.29, 0.717) is 58.1 Å². The standard InChI is InChI=1S/C30H32Cl3N7O/c31-23-8-4-7-21(13-23)17-36-30-38-27(16-28(39-30)40-12-11-34-19-40)37-26(14-20-5-2-1-3-6-20)29(41)35-18-22-9-10-24(32)15-25(22)33/h4,7-13,15-16,19-20,26H,1-3,5-6,14,17-18H2,(H,35,41)(H2,36,37,38,39)/t26-/m1/s1. The summed E-state index contributed by atoms with van der Waals surface area (Å²) in [5, 5.41) is 11.5. The van der Waals surface area contributed by atoms with Crippen molar-refractivity contribution >= 4 is 52.5 Å². The minimum atomic E-state index is -0.490. The van der Waals surface area contributed by atoms with Gasteiger partial charge in [-0.2, -0.15) is 9.97 Å². The van der Waals surface area contributed by atoms with Crippen molar-refractivity contribution in [2.24, 2.45) is 5.92 Å². The summed E-state index contributed by atoms with van der Waals surface area (Å²) in [5.74, 6) is 1.93. The second kappa shape index (κ2) is 14.0. The van der Waals surface area contributed by atoms with Crippen molar-refractivity contribution in [3.8, 4) is 5.82 Å². The number of imidazole rings is 1. The Bertz CT molecular complexity index is 1460. The Morgan fingerprint density at radius 3 is 2.56 bits per heavy atom. The molecule has 1 saturated carbocycles. The van der Waals surface area contributed by atoms with Crippen LogP contribution in [0.3, 0.4) is 0 Å². The van der Waals surface area contributed by atoms with Crippen molar-refractivity contribution in [2.45, 2.75) is 57.7 Å². The fourth-order valence-corrected chi connectivity index (χ4v) is 5.77. The topological polar surface area (TPSA) is 96.8 Å². The number of aromatic nitrogens is 4. The van der Waals surface area contributed by atoms with Crippen LogP contribution in [-0.4, -0.2) is 31.5 Å². The largest absolute Gasteiger partial charge is 0.358 e. The van der Waals surface area contributed by atoms with Gasteiger partial charge >= 0.3 is 0 Å². The van der Waals surface area contributed by atoms with Crippen LogP contribution in [0.15, 0.2) is 67.3 Å². The first kappa shape index (κ1) is 29.2. The monoisotopic (exact) mass is 611 g/mol. The number of halogens is 3. The lowest BCUT2D eigenvalue weighted by molar-refractivity contribution is -0.122. The van der Waals surface area contributed by atoms with Crippen LogP contribution in [0.1, 0.15) is 49.7 Å². The Kier molecular flexibility index (Phi) is 9.98. The Labute approximate surface area is 254 Å². The van der Waals surface area contributed by atoms with Gasteiger partial charge in [0.1, 0.15) is 24.0 Å². The molecule has 1 atom stereocenters. The normalized spacial score (nSPS) is 14.4. The van der Waals surface area contributed by atoms with E-state index in [4.69, 9.17) is 39.8 Å².